The molecule has 0 aliphatic heterocycles. The quantitative estimate of drug-likeness (QED) is 0.0372. The Kier molecular flexibility index (Phi) is 25.2. The number of methoxy groups -OCH3 is 2. The second-order valence-corrected chi connectivity index (χ2v) is 19.7. The van der Waals surface area contributed by atoms with Crippen molar-refractivity contribution in [3.63, 3.8) is 0 Å². The van der Waals surface area contributed by atoms with Crippen molar-refractivity contribution in [3.05, 3.63) is 209 Å². The van der Waals surface area contributed by atoms with Gasteiger partial charge >= 0.3 is 18.2 Å². The van der Waals surface area contributed by atoms with E-state index in [4.69, 9.17) is 20.6 Å². The fourth-order valence-electron chi connectivity index (χ4n) is 7.04. The third kappa shape index (κ3) is 19.4. The Morgan fingerprint density at radius 3 is 1.42 bits per heavy atom. The van der Waals surface area contributed by atoms with Crippen molar-refractivity contribution >= 4 is 97.8 Å². The highest BCUT2D eigenvalue weighted by Gasteiger charge is 2.27. The van der Waals surface area contributed by atoms with Gasteiger partial charge in [0.2, 0.25) is 5.91 Å². The number of nitrogens with two attached hydrogens (primary N) is 1. The van der Waals surface area contributed by atoms with Gasteiger partial charge in [-0.1, -0.05) is 104 Å². The molecule has 0 fully saturated rings. The summed E-state index contributed by atoms with van der Waals surface area (Å²) < 4.78 is 9.09. The first-order chi connectivity index (χ1) is 36.2. The first kappa shape index (κ1) is 61.8. The van der Waals surface area contributed by atoms with Gasteiger partial charge in [-0.15, -0.1) is 62.3 Å². The van der Waals surface area contributed by atoms with Crippen LogP contribution in [0.3, 0.4) is 0 Å². The number of non-ortho nitro benzene ring substituents is 2. The summed E-state index contributed by atoms with van der Waals surface area (Å²) in [6, 6.07) is 36.4. The maximum Gasteiger partial charge on any atom is 0.407 e. The molecule has 0 unspecified atom stereocenters. The molecule has 4 aromatic carbocycles. The van der Waals surface area contributed by atoms with Crippen LogP contribution < -0.4 is 21.7 Å². The van der Waals surface area contributed by atoms with E-state index < -0.39 is 52.0 Å². The minimum absolute atomic E-state index is 0. The van der Waals surface area contributed by atoms with E-state index in [1.165, 1.54) is 49.8 Å². The summed E-state index contributed by atoms with van der Waals surface area (Å²) >= 11 is 6.28. The predicted octanol–water partition coefficient (Wildman–Crippen LogP) is 11.4. The first-order valence-corrected chi connectivity index (χ1v) is 26.2. The molecule has 8 aromatic rings. The predicted molar refractivity (Wildman–Crippen MR) is 306 cm³/mol. The monoisotopic (exact) mass is 1190 g/mol. The first-order valence-electron chi connectivity index (χ1n) is 22.7. The molecule has 0 bridgehead atoms. The number of aromatic nitrogens is 2. The Bertz CT molecular complexity index is 3090. The lowest BCUT2D eigenvalue weighted by Gasteiger charge is -2.22. The normalized spacial score (nSPS) is 11.8. The number of carbonyl (C=O) groups excluding carboxylic acids is 3. The maximum atomic E-state index is 13.5. The van der Waals surface area contributed by atoms with E-state index in [9.17, 15) is 39.4 Å². The number of carbonyl (C=O) groups is 4. The molecule has 3 amide bonds. The molecule has 404 valence electrons. The van der Waals surface area contributed by atoms with Crippen LogP contribution in [0.15, 0.2) is 155 Å². The Morgan fingerprint density at radius 2 is 0.987 bits per heavy atom. The minimum atomic E-state index is -1.09. The summed E-state index contributed by atoms with van der Waals surface area (Å²) in [6.45, 7) is 0. The molecular weight excluding hydrogens is 1130 g/mol. The van der Waals surface area contributed by atoms with Gasteiger partial charge in [-0.25, -0.2) is 24.4 Å². The van der Waals surface area contributed by atoms with Crippen LogP contribution in [0.4, 0.5) is 21.0 Å². The zero-order valence-corrected chi connectivity index (χ0v) is 45.6. The van der Waals surface area contributed by atoms with Crippen molar-refractivity contribution in [2.45, 2.75) is 57.3 Å². The molecule has 8 rings (SSSR count). The van der Waals surface area contributed by atoms with Gasteiger partial charge < -0.3 is 36.3 Å². The molecular formula is C53H55BrN8O11S4. The van der Waals surface area contributed by atoms with E-state index >= 15 is 0 Å². The number of nitro groups is 2. The molecule has 4 heterocycles. The molecule has 24 heteroatoms. The summed E-state index contributed by atoms with van der Waals surface area (Å²) in [5, 5.41) is 48.2. The van der Waals surface area contributed by atoms with E-state index in [-0.39, 0.29) is 54.7 Å². The molecule has 19 nitrogen and oxygen atoms in total. The zero-order valence-electron chi connectivity index (χ0n) is 40.6. The number of nitrogens with one attached hydrogen (secondary N) is 3. The molecule has 0 aliphatic rings. The lowest BCUT2D eigenvalue weighted by Crippen LogP contribution is -2.49. The van der Waals surface area contributed by atoms with Crippen LogP contribution in [0.25, 0.3) is 19.8 Å². The number of thiophene rings is 2. The zero-order chi connectivity index (χ0) is 53.7. The van der Waals surface area contributed by atoms with Crippen LogP contribution >= 0.6 is 62.3 Å². The van der Waals surface area contributed by atoms with E-state index in [1.807, 2.05) is 94.3 Å². The summed E-state index contributed by atoms with van der Waals surface area (Å²) in [7, 11) is 2.43. The Morgan fingerprint density at radius 1 is 0.571 bits per heavy atom. The van der Waals surface area contributed by atoms with Gasteiger partial charge in [0.15, 0.2) is 0 Å². The number of rotatable bonds is 19. The van der Waals surface area contributed by atoms with Crippen molar-refractivity contribution in [1.82, 2.24) is 25.9 Å². The number of ether oxygens (including phenoxy) is 2. The van der Waals surface area contributed by atoms with Crippen molar-refractivity contribution in [3.8, 4) is 19.8 Å². The highest BCUT2D eigenvalue weighted by Crippen LogP contribution is 2.32. The molecule has 4 atom stereocenters. The van der Waals surface area contributed by atoms with Crippen molar-refractivity contribution < 1.29 is 43.6 Å². The van der Waals surface area contributed by atoms with Gasteiger partial charge in [-0.3, -0.25) is 25.0 Å². The number of halogens is 1. The second kappa shape index (κ2) is 31.3. The highest BCUT2D eigenvalue weighted by molar-refractivity contribution is 8.93. The number of carboxylic acids is 1. The number of nitro benzene ring substituents is 2. The molecule has 6 N–H and O–H groups in total. The number of hydrogen-bond donors (Lipinski definition) is 5. The van der Waals surface area contributed by atoms with E-state index in [0.29, 0.717) is 18.5 Å². The van der Waals surface area contributed by atoms with Crippen LogP contribution in [0.2, 0.25) is 0 Å². The molecule has 4 aromatic heterocycles. The van der Waals surface area contributed by atoms with Gasteiger partial charge in [-0.2, -0.15) is 0 Å². The topological polar surface area (TPSA) is 281 Å². The third-order valence-electron chi connectivity index (χ3n) is 10.9. The summed E-state index contributed by atoms with van der Waals surface area (Å²) in [4.78, 5) is 79.6. The average molecular weight is 1190 g/mol. The third-order valence-corrected chi connectivity index (χ3v) is 14.7. The number of aliphatic carboxylic acids is 1. The number of thiazole rings is 2. The van der Waals surface area contributed by atoms with E-state index in [0.717, 1.165) is 47.7 Å². The van der Waals surface area contributed by atoms with Crippen molar-refractivity contribution in [1.29, 1.82) is 0 Å². The second-order valence-electron chi connectivity index (χ2n) is 16.1. The lowest BCUT2D eigenvalue weighted by molar-refractivity contribution is -0.385. The van der Waals surface area contributed by atoms with Gasteiger partial charge in [0.25, 0.3) is 11.4 Å². The van der Waals surface area contributed by atoms with E-state index in [2.05, 4.69) is 25.7 Å². The largest absolute Gasteiger partial charge is 0.480 e. The SMILES string of the molecule is Br.C.COC(=O)N[C@H](Cc1ccccc1)C(=O)N[C@@H](Cc1ccc([N+](=O)[O-])cc1)c1csc(-c2cccs2)n1.COC(=O)N[C@H](Cc1ccccc1)C(=O)O.N[C@@H](Cc1ccc([N+](=O)[O-])cc1)c1csc(-c2cccs2)n1. The molecule has 0 saturated heterocycles. The number of hydrogen-bond acceptors (Lipinski definition) is 17. The minimum Gasteiger partial charge on any atom is -0.480 e. The Hall–Kier alpha value is -7.74. The van der Waals surface area contributed by atoms with Crippen LogP contribution in [-0.4, -0.2) is 75.3 Å². The standard InChI is InChI=1S/C26H24N4O5S2.C15H13N3O2S2.C11H13NO4.CH4.BrH/c1-35-26(32)29-21(15-17-6-3-2-4-7-17)24(31)27-20(14-18-9-11-19(12-10-18)30(33)34)22-16-37-25(28-22)23-8-5-13-36-23;16-12(8-10-3-5-11(6-4-10)18(19)20)13-9-22-15(17-13)14-2-1-7-21-14;1-16-11(15)12-9(10(13)14)7-8-5-3-2-4-6-8;;/h2-13,16,20-21H,14-15H2,1H3,(H,27,31)(H,29,32);1-7,9,12H,8,16H2;2-6,9H,7H2,1H3,(H,12,15)(H,13,14);1H4;1H/t20-,21+;12-;9-;;/m001../s1. The summed E-state index contributed by atoms with van der Waals surface area (Å²) in [6.07, 6.45) is -0.00593. The Labute approximate surface area is 470 Å². The molecule has 0 aliphatic carbocycles. The fourth-order valence-corrected chi connectivity index (χ4v) is 10.4. The number of carboxylic acid groups (broad SMARTS) is 1. The average Bonchev–Trinajstić information content (AvgIpc) is 4.29. The number of nitrogens with zero attached hydrogens (tertiary/aromatic N) is 4. The maximum absolute atomic E-state index is 13.5. The molecule has 77 heavy (non-hydrogen) atoms. The molecule has 0 spiro atoms. The van der Waals surface area contributed by atoms with Crippen molar-refractivity contribution in [2.24, 2.45) is 5.73 Å². The van der Waals surface area contributed by atoms with E-state index in [1.54, 1.807) is 70.4 Å². The van der Waals surface area contributed by atoms with Gasteiger partial charge in [0.1, 0.15) is 22.1 Å². The number of amides is 3. The van der Waals surface area contributed by atoms with Gasteiger partial charge in [0, 0.05) is 47.9 Å². The van der Waals surface area contributed by atoms with Crippen LogP contribution in [0, 0.1) is 20.2 Å². The Balaban J connectivity index is 0.000000272. The molecule has 0 saturated carbocycles. The smallest absolute Gasteiger partial charge is 0.407 e. The van der Waals surface area contributed by atoms with Crippen LogP contribution in [0.1, 0.15) is 53.2 Å². The number of benzene rings is 4. The van der Waals surface area contributed by atoms with Crippen LogP contribution in [0.5, 0.6) is 0 Å². The summed E-state index contributed by atoms with van der Waals surface area (Å²) in [5.74, 6) is -1.49. The highest BCUT2D eigenvalue weighted by atomic mass is 79.9. The van der Waals surface area contributed by atoms with Gasteiger partial charge in [-0.05, 0) is 58.0 Å². The molecule has 0 radical (unpaired) electrons. The van der Waals surface area contributed by atoms with Crippen LogP contribution in [-0.2, 0) is 44.7 Å². The fraction of sp³-hybridized carbons (Fsp3) is 0.208. The number of alkyl carbamates (subject to hydrolysis) is 2. The van der Waals surface area contributed by atoms with Crippen molar-refractivity contribution in [2.75, 3.05) is 14.2 Å². The lowest BCUT2D eigenvalue weighted by atomic mass is 10.0. The van der Waals surface area contributed by atoms with Gasteiger partial charge in [0.05, 0.1) is 57.3 Å². The summed E-state index contributed by atoms with van der Waals surface area (Å²) in [5.41, 5.74) is 11.3.